The summed E-state index contributed by atoms with van der Waals surface area (Å²) in [5.41, 5.74) is -0.432. The normalized spacial score (nSPS) is 20.3. The van der Waals surface area contributed by atoms with Crippen molar-refractivity contribution in [1.29, 1.82) is 0 Å². The zero-order valence-corrected chi connectivity index (χ0v) is 11.6. The molecule has 1 atom stereocenters. The Hall–Kier alpha value is -0.160. The molecule has 0 heterocycles. The molecular weight excluding hydrogens is 218 g/mol. The molecule has 0 aromatic heterocycles. The third kappa shape index (κ3) is 6.99. The van der Waals surface area contributed by atoms with Gasteiger partial charge in [0.25, 0.3) is 0 Å². The Labute approximate surface area is 105 Å². The van der Waals surface area contributed by atoms with Crippen molar-refractivity contribution in [1.82, 2.24) is 5.32 Å². The molecule has 4 nitrogen and oxygen atoms in total. The summed E-state index contributed by atoms with van der Waals surface area (Å²) >= 11 is 0. The topological polar surface area (TPSA) is 50.7 Å². The standard InChI is InChI=1S/C13H27NO3/c1-12(2,3)17-8-7-16-10-13(4,9-15)14-11-5-6-11/h11,14-15H,5-10H2,1-4H3. The summed E-state index contributed by atoms with van der Waals surface area (Å²) in [5, 5.41) is 12.8. The van der Waals surface area contributed by atoms with Gasteiger partial charge >= 0.3 is 0 Å². The van der Waals surface area contributed by atoms with E-state index in [-0.39, 0.29) is 17.7 Å². The number of hydrogen-bond acceptors (Lipinski definition) is 4. The lowest BCUT2D eigenvalue weighted by molar-refractivity contribution is -0.0461. The van der Waals surface area contributed by atoms with Gasteiger partial charge in [-0.25, -0.2) is 0 Å². The van der Waals surface area contributed by atoms with Crippen molar-refractivity contribution in [3.63, 3.8) is 0 Å². The summed E-state index contributed by atoms with van der Waals surface area (Å²) in [6.07, 6.45) is 2.42. The summed E-state index contributed by atoms with van der Waals surface area (Å²) in [6.45, 7) is 9.86. The van der Waals surface area contributed by atoms with Gasteiger partial charge in [-0.05, 0) is 40.5 Å². The highest BCUT2D eigenvalue weighted by Gasteiger charge is 2.32. The average molecular weight is 245 g/mol. The molecule has 1 unspecified atom stereocenters. The number of hydrogen-bond donors (Lipinski definition) is 2. The van der Waals surface area contributed by atoms with Gasteiger partial charge in [0.15, 0.2) is 0 Å². The first-order valence-corrected chi connectivity index (χ1v) is 6.45. The van der Waals surface area contributed by atoms with Gasteiger partial charge in [-0.3, -0.25) is 0 Å². The highest BCUT2D eigenvalue weighted by Crippen LogP contribution is 2.22. The summed E-state index contributed by atoms with van der Waals surface area (Å²) in [7, 11) is 0. The second-order valence-electron chi connectivity index (χ2n) is 6.15. The minimum atomic E-state index is -0.317. The Kier molecular flexibility index (Phi) is 5.38. The van der Waals surface area contributed by atoms with Crippen LogP contribution in [0.2, 0.25) is 0 Å². The maximum Gasteiger partial charge on any atom is 0.0707 e. The summed E-state index contributed by atoms with van der Waals surface area (Å²) < 4.78 is 11.1. The first-order chi connectivity index (χ1) is 7.85. The molecule has 0 aromatic rings. The van der Waals surface area contributed by atoms with E-state index in [0.717, 1.165) is 0 Å². The van der Waals surface area contributed by atoms with Crippen LogP contribution in [0.1, 0.15) is 40.5 Å². The zero-order valence-electron chi connectivity index (χ0n) is 11.6. The molecule has 0 saturated heterocycles. The zero-order chi connectivity index (χ0) is 12.9. The molecule has 0 spiro atoms. The van der Waals surface area contributed by atoms with Gasteiger partial charge in [0.2, 0.25) is 0 Å². The molecule has 0 bridgehead atoms. The van der Waals surface area contributed by atoms with E-state index in [1.807, 2.05) is 27.7 Å². The molecule has 0 aliphatic heterocycles. The van der Waals surface area contributed by atoms with Crippen molar-refractivity contribution in [3.8, 4) is 0 Å². The van der Waals surface area contributed by atoms with Crippen molar-refractivity contribution < 1.29 is 14.6 Å². The highest BCUT2D eigenvalue weighted by molar-refractivity contribution is 4.92. The molecule has 17 heavy (non-hydrogen) atoms. The Morgan fingerprint density at radius 2 is 1.82 bits per heavy atom. The van der Waals surface area contributed by atoms with Crippen molar-refractivity contribution in [2.75, 3.05) is 26.4 Å². The molecule has 1 saturated carbocycles. The molecular formula is C13H27NO3. The summed E-state index contributed by atoms with van der Waals surface area (Å²) in [6, 6.07) is 0.571. The van der Waals surface area contributed by atoms with E-state index in [9.17, 15) is 5.11 Å². The SMILES string of the molecule is CC(CO)(COCCOC(C)(C)C)NC1CC1. The minimum absolute atomic E-state index is 0.101. The molecule has 0 aromatic carbocycles. The molecule has 1 fully saturated rings. The number of aliphatic hydroxyl groups is 1. The van der Waals surface area contributed by atoms with Crippen LogP contribution in [0.15, 0.2) is 0 Å². The van der Waals surface area contributed by atoms with E-state index < -0.39 is 0 Å². The third-order valence-electron chi connectivity index (χ3n) is 2.66. The van der Waals surface area contributed by atoms with Crippen LogP contribution in [0.5, 0.6) is 0 Å². The first kappa shape index (κ1) is 14.9. The first-order valence-electron chi connectivity index (χ1n) is 6.45. The van der Waals surface area contributed by atoms with Gasteiger partial charge < -0.3 is 19.9 Å². The van der Waals surface area contributed by atoms with Crippen LogP contribution in [0.3, 0.4) is 0 Å². The molecule has 1 aliphatic carbocycles. The maximum atomic E-state index is 9.37. The molecule has 4 heteroatoms. The van der Waals surface area contributed by atoms with Crippen LogP contribution < -0.4 is 5.32 Å². The Morgan fingerprint density at radius 3 is 2.29 bits per heavy atom. The smallest absolute Gasteiger partial charge is 0.0707 e. The van der Waals surface area contributed by atoms with Gasteiger partial charge in [-0.2, -0.15) is 0 Å². The highest BCUT2D eigenvalue weighted by atomic mass is 16.5. The van der Waals surface area contributed by atoms with Crippen LogP contribution in [-0.4, -0.2) is 48.7 Å². The quantitative estimate of drug-likeness (QED) is 0.633. The van der Waals surface area contributed by atoms with Crippen molar-refractivity contribution in [2.45, 2.75) is 57.7 Å². The van der Waals surface area contributed by atoms with E-state index in [1.165, 1.54) is 12.8 Å². The van der Waals surface area contributed by atoms with Gasteiger partial charge in [0.05, 0.1) is 37.6 Å². The lowest BCUT2D eigenvalue weighted by Crippen LogP contribution is -2.50. The second kappa shape index (κ2) is 6.14. The van der Waals surface area contributed by atoms with E-state index in [4.69, 9.17) is 9.47 Å². The van der Waals surface area contributed by atoms with E-state index in [1.54, 1.807) is 0 Å². The fourth-order valence-electron chi connectivity index (χ4n) is 1.56. The lowest BCUT2D eigenvalue weighted by Gasteiger charge is -2.29. The largest absolute Gasteiger partial charge is 0.394 e. The molecule has 0 radical (unpaired) electrons. The Morgan fingerprint density at radius 1 is 1.18 bits per heavy atom. The van der Waals surface area contributed by atoms with Crippen LogP contribution >= 0.6 is 0 Å². The van der Waals surface area contributed by atoms with Crippen molar-refractivity contribution in [3.05, 3.63) is 0 Å². The second-order valence-corrected chi connectivity index (χ2v) is 6.15. The average Bonchev–Trinajstić information content (AvgIpc) is 2.99. The Balaban J connectivity index is 2.10. The summed E-state index contributed by atoms with van der Waals surface area (Å²) in [5.74, 6) is 0. The number of rotatable bonds is 8. The van der Waals surface area contributed by atoms with E-state index >= 15 is 0 Å². The van der Waals surface area contributed by atoms with Crippen molar-refractivity contribution >= 4 is 0 Å². The van der Waals surface area contributed by atoms with E-state index in [0.29, 0.717) is 25.9 Å². The fourth-order valence-corrected chi connectivity index (χ4v) is 1.56. The van der Waals surface area contributed by atoms with Gasteiger partial charge in [0, 0.05) is 6.04 Å². The molecule has 1 rings (SSSR count). The predicted molar refractivity (Wildman–Crippen MR) is 68.2 cm³/mol. The third-order valence-corrected chi connectivity index (χ3v) is 2.66. The predicted octanol–water partition coefficient (Wildman–Crippen LogP) is 1.32. The van der Waals surface area contributed by atoms with Gasteiger partial charge in [-0.1, -0.05) is 0 Å². The van der Waals surface area contributed by atoms with Crippen LogP contribution in [0.4, 0.5) is 0 Å². The van der Waals surface area contributed by atoms with Gasteiger partial charge in [0.1, 0.15) is 0 Å². The lowest BCUT2D eigenvalue weighted by atomic mass is 10.1. The molecule has 1 aliphatic rings. The molecule has 2 N–H and O–H groups in total. The van der Waals surface area contributed by atoms with Crippen LogP contribution in [0, 0.1) is 0 Å². The minimum Gasteiger partial charge on any atom is -0.394 e. The van der Waals surface area contributed by atoms with Crippen LogP contribution in [0.25, 0.3) is 0 Å². The number of aliphatic hydroxyl groups excluding tert-OH is 1. The molecule has 0 amide bonds. The number of ether oxygens (including phenoxy) is 2. The monoisotopic (exact) mass is 245 g/mol. The van der Waals surface area contributed by atoms with Gasteiger partial charge in [-0.15, -0.1) is 0 Å². The fraction of sp³-hybridized carbons (Fsp3) is 1.00. The summed E-state index contributed by atoms with van der Waals surface area (Å²) in [4.78, 5) is 0. The number of nitrogens with one attached hydrogen (secondary N) is 1. The maximum absolute atomic E-state index is 9.37. The van der Waals surface area contributed by atoms with Crippen molar-refractivity contribution in [2.24, 2.45) is 0 Å². The molecule has 102 valence electrons. The van der Waals surface area contributed by atoms with Crippen LogP contribution in [-0.2, 0) is 9.47 Å². The Bertz CT molecular complexity index is 223. The van der Waals surface area contributed by atoms with E-state index in [2.05, 4.69) is 5.32 Å².